The molecule has 1 aromatic carbocycles. The number of hydrogen-bond acceptors (Lipinski definition) is 5. The van der Waals surface area contributed by atoms with Gasteiger partial charge in [0.15, 0.2) is 36.5 Å². The molecule has 0 saturated carbocycles. The summed E-state index contributed by atoms with van der Waals surface area (Å²) in [5, 5.41) is 21.1. The van der Waals surface area contributed by atoms with E-state index in [2.05, 4.69) is 0 Å². The Morgan fingerprint density at radius 2 is 1.49 bits per heavy atom. The first-order chi connectivity index (χ1) is 16.6. The predicted octanol–water partition coefficient (Wildman–Crippen LogP) is -2.83. The molecule has 2 heterocycles. The van der Waals surface area contributed by atoms with Gasteiger partial charge in [-0.25, -0.2) is 4.57 Å². The van der Waals surface area contributed by atoms with Crippen molar-refractivity contribution >= 4 is 19.0 Å². The monoisotopic (exact) mass is 566 g/mol. The number of allylic oxidation sites excluding steroid dienone is 4. The van der Waals surface area contributed by atoms with Gasteiger partial charge in [0.2, 0.25) is 0 Å². The van der Waals surface area contributed by atoms with Crippen LogP contribution < -0.4 is 33.9 Å². The van der Waals surface area contributed by atoms with Crippen molar-refractivity contribution in [3.63, 3.8) is 0 Å². The fourth-order valence-electron chi connectivity index (χ4n) is 3.92. The SMILES string of the molecule is O=[N+]([O-])c1ccc(-[n+]2ccc(-c3cc[n+](CC4(P(=O)(O)O)C=CC=CC4)cc3)cc2)c([N+](=O)[O-])c1.[Cl-].[Cl-]. The first-order valence-electron chi connectivity index (χ1n) is 10.4. The van der Waals surface area contributed by atoms with Crippen LogP contribution in [0.1, 0.15) is 6.42 Å². The zero-order valence-corrected chi connectivity index (χ0v) is 21.4. The molecule has 11 nitrogen and oxygen atoms in total. The number of nitro groups is 2. The standard InChI is InChI=1S/C23H19N4O7P.2ClH/c28-26(29)20-4-5-21(22(16-20)27(30)31)25-14-8-19(9-15-25)18-6-12-24(13-7-18)17-23(35(32,33)34)10-2-1-3-11-23;;/h1-10,12-16H,11,17H2;2*1H. The first-order valence-corrected chi connectivity index (χ1v) is 12.0. The minimum absolute atomic E-state index is 0. The summed E-state index contributed by atoms with van der Waals surface area (Å²) in [6.45, 7) is 0.108. The Balaban J connectivity index is 0.00000241. The van der Waals surface area contributed by atoms with E-state index < -0.39 is 22.6 Å². The van der Waals surface area contributed by atoms with E-state index in [4.69, 9.17) is 0 Å². The van der Waals surface area contributed by atoms with Gasteiger partial charge in [-0.05, 0) is 17.5 Å². The van der Waals surface area contributed by atoms with Gasteiger partial charge < -0.3 is 34.6 Å². The number of benzene rings is 1. The molecule has 0 bridgehead atoms. The molecule has 2 aromatic heterocycles. The summed E-state index contributed by atoms with van der Waals surface area (Å²) in [6, 6.07) is 10.6. The van der Waals surface area contributed by atoms with Crippen LogP contribution in [0.4, 0.5) is 11.4 Å². The number of pyridine rings is 2. The van der Waals surface area contributed by atoms with Crippen molar-refractivity contribution in [2.75, 3.05) is 0 Å². The Bertz CT molecular complexity index is 1410. The smallest absolute Gasteiger partial charge is 0.347 e. The van der Waals surface area contributed by atoms with Crippen molar-refractivity contribution in [3.05, 3.63) is 112 Å². The summed E-state index contributed by atoms with van der Waals surface area (Å²) in [6.07, 6.45) is 13.6. The Kier molecular flexibility index (Phi) is 9.43. The lowest BCUT2D eigenvalue weighted by Gasteiger charge is -2.28. The molecule has 0 aliphatic heterocycles. The Hall–Kier alpha value is -3.47. The van der Waals surface area contributed by atoms with Gasteiger partial charge in [-0.2, -0.15) is 4.57 Å². The molecule has 4 rings (SSSR count). The van der Waals surface area contributed by atoms with Gasteiger partial charge in [-0.15, -0.1) is 0 Å². The van der Waals surface area contributed by atoms with Gasteiger partial charge >= 0.3 is 13.3 Å². The van der Waals surface area contributed by atoms with E-state index in [1.807, 2.05) is 12.1 Å². The fourth-order valence-corrected chi connectivity index (χ4v) is 4.89. The highest BCUT2D eigenvalue weighted by molar-refractivity contribution is 7.53. The topological polar surface area (TPSA) is 152 Å². The molecule has 2 N–H and O–H groups in total. The number of nitrogens with zero attached hydrogens (tertiary/aromatic N) is 4. The maximum Gasteiger partial charge on any atom is 0.347 e. The molecule has 1 unspecified atom stereocenters. The Morgan fingerprint density at radius 1 is 0.892 bits per heavy atom. The molecule has 1 aliphatic carbocycles. The molecule has 0 fully saturated rings. The molecule has 0 saturated heterocycles. The highest BCUT2D eigenvalue weighted by atomic mass is 35.5. The third kappa shape index (κ3) is 6.27. The quantitative estimate of drug-likeness (QED) is 0.135. The molecule has 3 aromatic rings. The number of hydrogen-bond donors (Lipinski definition) is 2. The van der Waals surface area contributed by atoms with Crippen molar-refractivity contribution in [1.29, 1.82) is 0 Å². The maximum atomic E-state index is 12.2. The Labute approximate surface area is 223 Å². The zero-order chi connectivity index (χ0) is 25.2. The van der Waals surface area contributed by atoms with Crippen molar-refractivity contribution < 1.29 is 58.1 Å². The highest BCUT2D eigenvalue weighted by Crippen LogP contribution is 2.54. The number of halogens is 2. The van der Waals surface area contributed by atoms with Gasteiger partial charge in [-0.1, -0.05) is 24.3 Å². The number of aromatic nitrogens is 2. The lowest BCUT2D eigenvalue weighted by atomic mass is 9.99. The fraction of sp³-hybridized carbons (Fsp3) is 0.130. The Morgan fingerprint density at radius 3 is 1.97 bits per heavy atom. The van der Waals surface area contributed by atoms with E-state index in [0.29, 0.717) is 0 Å². The van der Waals surface area contributed by atoms with Crippen LogP contribution in [0.3, 0.4) is 0 Å². The molecular formula is C23H21Cl2N4O7P. The van der Waals surface area contributed by atoms with E-state index in [1.165, 1.54) is 16.7 Å². The van der Waals surface area contributed by atoms with Crippen molar-refractivity contribution in [2.45, 2.75) is 18.1 Å². The van der Waals surface area contributed by atoms with Crippen LogP contribution in [0.5, 0.6) is 0 Å². The third-order valence-corrected chi connectivity index (χ3v) is 7.49. The van der Waals surface area contributed by atoms with E-state index in [0.717, 1.165) is 17.2 Å². The summed E-state index contributed by atoms with van der Waals surface area (Å²) in [5.41, 5.74) is 1.08. The average molecular weight is 567 g/mol. The van der Waals surface area contributed by atoms with Crippen molar-refractivity contribution in [3.8, 4) is 16.8 Å². The van der Waals surface area contributed by atoms with Crippen LogP contribution in [-0.2, 0) is 11.1 Å². The summed E-state index contributed by atoms with van der Waals surface area (Å²) in [7, 11) is -4.41. The van der Waals surface area contributed by atoms with Gasteiger partial charge in [0.1, 0.15) is 6.07 Å². The zero-order valence-electron chi connectivity index (χ0n) is 19.0. The van der Waals surface area contributed by atoms with Gasteiger partial charge in [-0.3, -0.25) is 24.8 Å². The van der Waals surface area contributed by atoms with Crippen LogP contribution in [0, 0.1) is 20.2 Å². The van der Waals surface area contributed by atoms with Crippen molar-refractivity contribution in [2.24, 2.45) is 0 Å². The highest BCUT2D eigenvalue weighted by Gasteiger charge is 2.48. The summed E-state index contributed by atoms with van der Waals surface area (Å²) < 4.78 is 15.4. The lowest BCUT2D eigenvalue weighted by Crippen LogP contribution is -3.00. The molecule has 0 radical (unpaired) electrons. The minimum Gasteiger partial charge on any atom is -1.00 e. The summed E-state index contributed by atoms with van der Waals surface area (Å²) in [4.78, 5) is 40.9. The van der Waals surface area contributed by atoms with Gasteiger partial charge in [0.05, 0.1) is 9.85 Å². The molecule has 14 heteroatoms. The van der Waals surface area contributed by atoms with E-state index in [1.54, 1.807) is 65.8 Å². The molecular weight excluding hydrogens is 546 g/mol. The molecule has 37 heavy (non-hydrogen) atoms. The van der Waals surface area contributed by atoms with E-state index in [9.17, 15) is 34.6 Å². The van der Waals surface area contributed by atoms with E-state index in [-0.39, 0.29) is 54.8 Å². The van der Waals surface area contributed by atoms with Crippen LogP contribution in [0.2, 0.25) is 0 Å². The second kappa shape index (κ2) is 11.7. The third-order valence-electron chi connectivity index (χ3n) is 5.86. The average Bonchev–Trinajstić information content (AvgIpc) is 2.84. The van der Waals surface area contributed by atoms with Crippen LogP contribution >= 0.6 is 7.60 Å². The lowest BCUT2D eigenvalue weighted by molar-refractivity contribution is -0.699. The summed E-state index contributed by atoms with van der Waals surface area (Å²) in [5.74, 6) is 0. The normalized spacial score (nSPS) is 16.4. The second-order valence-corrected chi connectivity index (χ2v) is 10.1. The van der Waals surface area contributed by atoms with Crippen LogP contribution in [0.25, 0.3) is 16.8 Å². The minimum atomic E-state index is -4.41. The molecule has 1 atom stereocenters. The number of non-ortho nitro benzene ring substituents is 1. The predicted molar refractivity (Wildman–Crippen MR) is 125 cm³/mol. The number of rotatable bonds is 7. The van der Waals surface area contributed by atoms with Crippen molar-refractivity contribution in [1.82, 2.24) is 0 Å². The van der Waals surface area contributed by atoms with Gasteiger partial charge in [0.25, 0.3) is 11.4 Å². The van der Waals surface area contributed by atoms with Crippen LogP contribution in [-0.4, -0.2) is 24.8 Å². The first kappa shape index (κ1) is 29.8. The van der Waals surface area contributed by atoms with Crippen LogP contribution in [0.15, 0.2) is 91.6 Å². The summed E-state index contributed by atoms with van der Waals surface area (Å²) >= 11 is 0. The largest absolute Gasteiger partial charge is 1.00 e. The van der Waals surface area contributed by atoms with E-state index >= 15 is 0 Å². The molecule has 194 valence electrons. The molecule has 0 amide bonds. The number of nitro benzene ring substituents is 2. The van der Waals surface area contributed by atoms with Gasteiger partial charge in [0, 0.05) is 36.4 Å². The molecule has 1 aliphatic rings. The maximum absolute atomic E-state index is 12.2. The second-order valence-electron chi connectivity index (χ2n) is 8.08. The molecule has 0 spiro atoms.